The van der Waals surface area contributed by atoms with Gasteiger partial charge < -0.3 is 15.1 Å². The molecule has 3 aromatic rings. The van der Waals surface area contributed by atoms with Gasteiger partial charge in [0.15, 0.2) is 10.6 Å². The minimum Gasteiger partial charge on any atom is -0.508 e. The number of likely N-dealkylation sites (N-methyl/N-ethyl adjacent to an activating group) is 1. The first-order chi connectivity index (χ1) is 13.8. The number of aromatic nitrogens is 3. The second-order valence-corrected chi connectivity index (χ2v) is 8.64. The molecule has 4 rings (SSSR count). The average molecular weight is 411 g/mol. The van der Waals surface area contributed by atoms with Crippen molar-refractivity contribution in [1.82, 2.24) is 19.7 Å². The number of nitrogens with zero attached hydrogens (tertiary/aromatic N) is 3. The minimum atomic E-state index is -0.0315. The lowest BCUT2D eigenvalue weighted by molar-refractivity contribution is 0.303. The highest BCUT2D eigenvalue weighted by Crippen LogP contribution is 2.38. The average Bonchev–Trinajstić information content (AvgIpc) is 3.24. The van der Waals surface area contributed by atoms with E-state index in [9.17, 15) is 10.2 Å². The Kier molecular flexibility index (Phi) is 4.96. The van der Waals surface area contributed by atoms with Gasteiger partial charge in [0.05, 0.1) is 11.3 Å². The molecule has 1 heterocycles. The largest absolute Gasteiger partial charge is 0.508 e. The molecule has 0 saturated carbocycles. The van der Waals surface area contributed by atoms with E-state index in [1.165, 1.54) is 17.2 Å². The molecule has 1 atom stereocenters. The summed E-state index contributed by atoms with van der Waals surface area (Å²) in [6, 6.07) is 10.0. The number of phenols is 2. The van der Waals surface area contributed by atoms with Gasteiger partial charge in [-0.15, -0.1) is 0 Å². The van der Waals surface area contributed by atoms with Crippen molar-refractivity contribution in [3.8, 4) is 28.6 Å². The third-order valence-corrected chi connectivity index (χ3v) is 6.04. The van der Waals surface area contributed by atoms with Gasteiger partial charge in [0.1, 0.15) is 11.5 Å². The lowest BCUT2D eigenvalue weighted by Crippen LogP contribution is -2.27. The molecule has 0 saturated heterocycles. The standard InChI is InChI=1S/C22H26N4O2S/c1-12(2)17-10-18(20(28)11-19(17)27)21-23-24-22(29)26(21)15-6-5-13-7-16(25(3)4)9-14(13)8-15/h5-6,8,10-12,16,27-28H,7,9H2,1-4H3,(H,24,29). The van der Waals surface area contributed by atoms with Crippen molar-refractivity contribution in [2.45, 2.75) is 38.6 Å². The zero-order valence-corrected chi connectivity index (χ0v) is 17.9. The Morgan fingerprint density at radius 2 is 1.83 bits per heavy atom. The molecule has 0 amide bonds. The van der Waals surface area contributed by atoms with E-state index in [1.807, 2.05) is 24.5 Å². The summed E-state index contributed by atoms with van der Waals surface area (Å²) in [5.41, 5.74) is 4.87. The van der Waals surface area contributed by atoms with Crippen LogP contribution in [-0.4, -0.2) is 50.0 Å². The molecule has 1 aromatic heterocycles. The molecular weight excluding hydrogens is 384 g/mol. The third kappa shape index (κ3) is 3.45. The second-order valence-electron chi connectivity index (χ2n) is 8.25. The van der Waals surface area contributed by atoms with E-state index in [4.69, 9.17) is 12.2 Å². The molecule has 0 aliphatic heterocycles. The number of fused-ring (bicyclic) bond motifs is 1. The Labute approximate surface area is 175 Å². The van der Waals surface area contributed by atoms with E-state index >= 15 is 0 Å². The van der Waals surface area contributed by atoms with Gasteiger partial charge >= 0.3 is 0 Å². The topological polar surface area (TPSA) is 77.3 Å². The van der Waals surface area contributed by atoms with Crippen LogP contribution in [0.1, 0.15) is 36.5 Å². The van der Waals surface area contributed by atoms with Crippen molar-refractivity contribution < 1.29 is 10.2 Å². The Hall–Kier alpha value is -2.64. The fraction of sp³-hybridized carbons (Fsp3) is 0.364. The van der Waals surface area contributed by atoms with Crippen LogP contribution in [0.5, 0.6) is 11.5 Å². The van der Waals surface area contributed by atoms with Crippen molar-refractivity contribution in [3.63, 3.8) is 0 Å². The summed E-state index contributed by atoms with van der Waals surface area (Å²) >= 11 is 5.51. The first kappa shape index (κ1) is 19.7. The summed E-state index contributed by atoms with van der Waals surface area (Å²) in [5.74, 6) is 0.675. The highest BCUT2D eigenvalue weighted by molar-refractivity contribution is 7.71. The Balaban J connectivity index is 1.83. The van der Waals surface area contributed by atoms with Crippen LogP contribution in [0.3, 0.4) is 0 Å². The molecule has 152 valence electrons. The number of aromatic hydroxyl groups is 2. The maximum Gasteiger partial charge on any atom is 0.200 e. The van der Waals surface area contributed by atoms with Crippen LogP contribution in [0.2, 0.25) is 0 Å². The van der Waals surface area contributed by atoms with Crippen LogP contribution in [0.25, 0.3) is 17.1 Å². The van der Waals surface area contributed by atoms with Crippen LogP contribution < -0.4 is 0 Å². The minimum absolute atomic E-state index is 0.0315. The van der Waals surface area contributed by atoms with Crippen LogP contribution in [0.15, 0.2) is 30.3 Å². The maximum atomic E-state index is 10.5. The number of hydrogen-bond donors (Lipinski definition) is 3. The van der Waals surface area contributed by atoms with Crippen molar-refractivity contribution in [3.05, 3.63) is 51.8 Å². The van der Waals surface area contributed by atoms with Gasteiger partial charge in [-0.3, -0.25) is 9.67 Å². The number of benzene rings is 2. The normalized spacial score (nSPS) is 16.0. The zero-order chi connectivity index (χ0) is 20.9. The molecule has 0 radical (unpaired) electrons. The molecule has 3 N–H and O–H groups in total. The van der Waals surface area contributed by atoms with E-state index in [0.29, 0.717) is 22.2 Å². The molecule has 29 heavy (non-hydrogen) atoms. The first-order valence-electron chi connectivity index (χ1n) is 9.78. The molecule has 1 aliphatic carbocycles. The third-order valence-electron chi connectivity index (χ3n) is 5.77. The number of phenolic OH excluding ortho intramolecular Hbond substituents is 2. The van der Waals surface area contributed by atoms with Gasteiger partial charge in [0.2, 0.25) is 0 Å². The highest BCUT2D eigenvalue weighted by atomic mass is 32.1. The van der Waals surface area contributed by atoms with E-state index in [-0.39, 0.29) is 17.4 Å². The summed E-state index contributed by atoms with van der Waals surface area (Å²) in [5, 5.41) is 27.9. The SMILES string of the molecule is CC(C)c1cc(-c2n[nH]c(=S)n2-c2ccc3c(c2)CC(N(C)C)C3)c(O)cc1O. The smallest absolute Gasteiger partial charge is 0.200 e. The van der Waals surface area contributed by atoms with Crippen LogP contribution >= 0.6 is 12.2 Å². The van der Waals surface area contributed by atoms with Gasteiger partial charge in [-0.1, -0.05) is 19.9 Å². The molecule has 0 fully saturated rings. The van der Waals surface area contributed by atoms with E-state index < -0.39 is 0 Å². The predicted molar refractivity (Wildman–Crippen MR) is 116 cm³/mol. The second kappa shape index (κ2) is 7.31. The van der Waals surface area contributed by atoms with E-state index in [1.54, 1.807) is 6.07 Å². The fourth-order valence-electron chi connectivity index (χ4n) is 4.04. The van der Waals surface area contributed by atoms with Gasteiger partial charge in [0, 0.05) is 12.1 Å². The van der Waals surface area contributed by atoms with Crippen LogP contribution in [-0.2, 0) is 12.8 Å². The van der Waals surface area contributed by atoms with Gasteiger partial charge in [-0.2, -0.15) is 5.10 Å². The number of rotatable bonds is 4. The quantitative estimate of drug-likeness (QED) is 0.563. The predicted octanol–water partition coefficient (Wildman–Crippen LogP) is 4.16. The summed E-state index contributed by atoms with van der Waals surface area (Å²) in [6.45, 7) is 3.99. The van der Waals surface area contributed by atoms with Gasteiger partial charge in [-0.05, 0) is 80.0 Å². The van der Waals surface area contributed by atoms with E-state index in [0.717, 1.165) is 24.1 Å². The number of aromatic amines is 1. The number of nitrogens with one attached hydrogen (secondary N) is 1. The molecule has 7 heteroatoms. The number of hydrogen-bond acceptors (Lipinski definition) is 5. The molecule has 0 spiro atoms. The van der Waals surface area contributed by atoms with Crippen molar-refractivity contribution in [2.24, 2.45) is 0 Å². The Morgan fingerprint density at radius 3 is 2.52 bits per heavy atom. The Bertz CT molecular complexity index is 1130. The molecule has 1 unspecified atom stereocenters. The van der Waals surface area contributed by atoms with Crippen molar-refractivity contribution >= 4 is 12.2 Å². The lowest BCUT2D eigenvalue weighted by atomic mass is 9.98. The highest BCUT2D eigenvalue weighted by Gasteiger charge is 2.24. The van der Waals surface area contributed by atoms with E-state index in [2.05, 4.69) is 41.3 Å². The molecule has 0 bridgehead atoms. The Morgan fingerprint density at radius 1 is 1.10 bits per heavy atom. The van der Waals surface area contributed by atoms with Crippen LogP contribution in [0.4, 0.5) is 0 Å². The zero-order valence-electron chi connectivity index (χ0n) is 17.1. The molecule has 2 aromatic carbocycles. The fourth-order valence-corrected chi connectivity index (χ4v) is 4.28. The van der Waals surface area contributed by atoms with Gasteiger partial charge in [0.25, 0.3) is 0 Å². The molecule has 6 nitrogen and oxygen atoms in total. The monoisotopic (exact) mass is 410 g/mol. The number of H-pyrrole nitrogens is 1. The molecule has 1 aliphatic rings. The molecular formula is C22H26N4O2S. The first-order valence-corrected chi connectivity index (χ1v) is 10.2. The maximum absolute atomic E-state index is 10.5. The summed E-state index contributed by atoms with van der Waals surface area (Å²) in [4.78, 5) is 2.26. The van der Waals surface area contributed by atoms with Gasteiger partial charge in [-0.25, -0.2) is 0 Å². The summed E-state index contributed by atoms with van der Waals surface area (Å²) < 4.78 is 2.30. The van der Waals surface area contributed by atoms with Crippen molar-refractivity contribution in [2.75, 3.05) is 14.1 Å². The van der Waals surface area contributed by atoms with Crippen LogP contribution in [0, 0.1) is 4.77 Å². The van der Waals surface area contributed by atoms with Crippen molar-refractivity contribution in [1.29, 1.82) is 0 Å². The summed E-state index contributed by atoms with van der Waals surface area (Å²) in [7, 11) is 4.23. The summed E-state index contributed by atoms with van der Waals surface area (Å²) in [6.07, 6.45) is 2.04. The lowest BCUT2D eigenvalue weighted by Gasteiger charge is -2.17.